The van der Waals surface area contributed by atoms with Crippen LogP contribution in [0.2, 0.25) is 0 Å². The lowest BCUT2D eigenvalue weighted by molar-refractivity contribution is 0.671. The molecule has 0 amide bonds. The van der Waals surface area contributed by atoms with Crippen LogP contribution in [0.15, 0.2) is 30.6 Å². The second-order valence-electron chi connectivity index (χ2n) is 3.83. The van der Waals surface area contributed by atoms with E-state index in [-0.39, 0.29) is 0 Å². The highest BCUT2D eigenvalue weighted by Crippen LogP contribution is 2.09. The molecule has 1 N–H and O–H groups in total. The Balaban J connectivity index is 2.20. The molecule has 0 aliphatic heterocycles. The quantitative estimate of drug-likeness (QED) is 0.839. The highest BCUT2D eigenvalue weighted by Gasteiger charge is 2.04. The maximum Gasteiger partial charge on any atom is 0.147 e. The normalized spacial score (nSPS) is 10.6. The minimum absolute atomic E-state index is 0.742. The molecular weight excluding hydrogens is 200 g/mol. The summed E-state index contributed by atoms with van der Waals surface area (Å²) in [7, 11) is 1.91. The number of benzene rings is 1. The second kappa shape index (κ2) is 4.90. The van der Waals surface area contributed by atoms with Gasteiger partial charge in [0.25, 0.3) is 0 Å². The van der Waals surface area contributed by atoms with Crippen LogP contribution in [0.1, 0.15) is 17.0 Å². The molecule has 0 saturated carbocycles. The molecule has 4 nitrogen and oxygen atoms in total. The van der Waals surface area contributed by atoms with E-state index in [2.05, 4.69) is 51.3 Å². The van der Waals surface area contributed by atoms with Gasteiger partial charge in [0.1, 0.15) is 12.2 Å². The Labute approximate surface area is 95.3 Å². The molecule has 0 radical (unpaired) electrons. The fourth-order valence-corrected chi connectivity index (χ4v) is 1.68. The molecule has 2 rings (SSSR count). The van der Waals surface area contributed by atoms with Crippen molar-refractivity contribution in [3.8, 4) is 0 Å². The number of rotatable bonds is 4. The zero-order valence-electron chi connectivity index (χ0n) is 9.64. The average molecular weight is 216 g/mol. The van der Waals surface area contributed by atoms with Crippen LogP contribution >= 0.6 is 0 Å². The molecule has 0 spiro atoms. The van der Waals surface area contributed by atoms with E-state index in [1.807, 2.05) is 7.05 Å². The Morgan fingerprint density at radius 2 is 2.12 bits per heavy atom. The van der Waals surface area contributed by atoms with E-state index in [0.717, 1.165) is 18.9 Å². The van der Waals surface area contributed by atoms with Gasteiger partial charge in [0.05, 0.1) is 13.1 Å². The first kappa shape index (κ1) is 10.8. The molecule has 1 heterocycles. The van der Waals surface area contributed by atoms with Gasteiger partial charge in [-0.25, -0.2) is 0 Å². The van der Waals surface area contributed by atoms with Gasteiger partial charge in [0, 0.05) is 0 Å². The van der Waals surface area contributed by atoms with Crippen LogP contribution in [0.3, 0.4) is 0 Å². The first-order chi connectivity index (χ1) is 7.81. The Morgan fingerprint density at radius 3 is 2.88 bits per heavy atom. The topological polar surface area (TPSA) is 42.7 Å². The van der Waals surface area contributed by atoms with E-state index in [9.17, 15) is 0 Å². The van der Waals surface area contributed by atoms with Crippen molar-refractivity contribution in [3.05, 3.63) is 47.5 Å². The van der Waals surface area contributed by atoms with Crippen molar-refractivity contribution in [2.45, 2.75) is 20.0 Å². The van der Waals surface area contributed by atoms with Gasteiger partial charge in [-0.2, -0.15) is 0 Å². The van der Waals surface area contributed by atoms with Crippen LogP contribution in [0.4, 0.5) is 0 Å². The third-order valence-electron chi connectivity index (χ3n) is 2.63. The van der Waals surface area contributed by atoms with Gasteiger partial charge >= 0.3 is 0 Å². The summed E-state index contributed by atoms with van der Waals surface area (Å²) in [6, 6.07) is 8.37. The van der Waals surface area contributed by atoms with Gasteiger partial charge in [-0.15, -0.1) is 10.2 Å². The monoisotopic (exact) mass is 216 g/mol. The Hall–Kier alpha value is -1.68. The lowest BCUT2D eigenvalue weighted by Gasteiger charge is -2.08. The van der Waals surface area contributed by atoms with Crippen molar-refractivity contribution in [2.24, 2.45) is 0 Å². The summed E-state index contributed by atoms with van der Waals surface area (Å²) < 4.78 is 2.07. The summed E-state index contributed by atoms with van der Waals surface area (Å²) in [5.41, 5.74) is 2.60. The molecule has 0 aliphatic carbocycles. The van der Waals surface area contributed by atoms with E-state index >= 15 is 0 Å². The molecule has 1 aromatic carbocycles. The summed E-state index contributed by atoms with van der Waals surface area (Å²) in [6.45, 7) is 3.69. The summed E-state index contributed by atoms with van der Waals surface area (Å²) in [5, 5.41) is 11.1. The molecule has 0 unspecified atom stereocenters. The van der Waals surface area contributed by atoms with E-state index in [0.29, 0.717) is 0 Å². The number of hydrogen-bond donors (Lipinski definition) is 1. The third-order valence-corrected chi connectivity index (χ3v) is 2.63. The summed E-state index contributed by atoms with van der Waals surface area (Å²) >= 11 is 0. The number of nitrogens with one attached hydrogen (secondary N) is 1. The van der Waals surface area contributed by atoms with Crippen LogP contribution < -0.4 is 5.32 Å². The van der Waals surface area contributed by atoms with Crippen molar-refractivity contribution in [3.63, 3.8) is 0 Å². The lowest BCUT2D eigenvalue weighted by Crippen LogP contribution is -2.13. The first-order valence-corrected chi connectivity index (χ1v) is 5.37. The number of nitrogens with zero attached hydrogens (tertiary/aromatic N) is 3. The van der Waals surface area contributed by atoms with E-state index in [1.54, 1.807) is 6.33 Å². The molecule has 16 heavy (non-hydrogen) atoms. The minimum Gasteiger partial charge on any atom is -0.313 e. The van der Waals surface area contributed by atoms with Crippen molar-refractivity contribution < 1.29 is 0 Å². The molecule has 0 saturated heterocycles. The molecule has 2 aromatic rings. The first-order valence-electron chi connectivity index (χ1n) is 5.37. The third kappa shape index (κ3) is 2.28. The average Bonchev–Trinajstić information content (AvgIpc) is 2.70. The van der Waals surface area contributed by atoms with E-state index in [4.69, 9.17) is 0 Å². The van der Waals surface area contributed by atoms with Crippen molar-refractivity contribution in [1.82, 2.24) is 20.1 Å². The zero-order chi connectivity index (χ0) is 11.4. The lowest BCUT2D eigenvalue weighted by atomic mass is 10.1. The molecule has 1 aromatic heterocycles. The number of hydrogen-bond acceptors (Lipinski definition) is 3. The predicted octanol–water partition coefficient (Wildman–Crippen LogP) is 1.35. The molecule has 4 heteroatoms. The highest BCUT2D eigenvalue weighted by molar-refractivity contribution is 5.25. The van der Waals surface area contributed by atoms with Crippen LogP contribution in [0.25, 0.3) is 0 Å². The van der Waals surface area contributed by atoms with Crippen molar-refractivity contribution in [2.75, 3.05) is 7.05 Å². The predicted molar refractivity (Wildman–Crippen MR) is 63.1 cm³/mol. The number of aromatic nitrogens is 3. The molecule has 0 fully saturated rings. The summed E-state index contributed by atoms with van der Waals surface area (Å²) in [4.78, 5) is 0. The van der Waals surface area contributed by atoms with E-state index in [1.165, 1.54) is 11.1 Å². The smallest absolute Gasteiger partial charge is 0.147 e. The number of aryl methyl sites for hydroxylation is 1. The highest BCUT2D eigenvalue weighted by atomic mass is 15.3. The van der Waals surface area contributed by atoms with Gasteiger partial charge in [-0.1, -0.05) is 24.3 Å². The molecular formula is C12H16N4. The van der Waals surface area contributed by atoms with Crippen LogP contribution in [-0.2, 0) is 13.1 Å². The van der Waals surface area contributed by atoms with Crippen molar-refractivity contribution in [1.29, 1.82) is 0 Å². The SMILES string of the molecule is CNCc1nncn1Cc1ccccc1C. The molecule has 0 aliphatic rings. The molecule has 0 atom stereocenters. The van der Waals surface area contributed by atoms with Crippen molar-refractivity contribution >= 4 is 0 Å². The summed E-state index contributed by atoms with van der Waals surface area (Å²) in [5.74, 6) is 0.964. The zero-order valence-corrected chi connectivity index (χ0v) is 9.64. The van der Waals surface area contributed by atoms with Gasteiger partial charge in [-0.05, 0) is 25.1 Å². The minimum atomic E-state index is 0.742. The van der Waals surface area contributed by atoms with Crippen LogP contribution in [-0.4, -0.2) is 21.8 Å². The molecule has 0 bridgehead atoms. The fourth-order valence-electron chi connectivity index (χ4n) is 1.68. The standard InChI is InChI=1S/C12H16N4/c1-10-5-3-4-6-11(10)8-16-9-14-15-12(16)7-13-2/h3-6,9,13H,7-8H2,1-2H3. The van der Waals surface area contributed by atoms with E-state index < -0.39 is 0 Å². The van der Waals surface area contributed by atoms with Crippen LogP contribution in [0, 0.1) is 6.92 Å². The van der Waals surface area contributed by atoms with Gasteiger partial charge in [-0.3, -0.25) is 0 Å². The maximum atomic E-state index is 4.08. The maximum absolute atomic E-state index is 4.08. The van der Waals surface area contributed by atoms with Gasteiger partial charge in [0.2, 0.25) is 0 Å². The largest absolute Gasteiger partial charge is 0.313 e. The molecule has 84 valence electrons. The van der Waals surface area contributed by atoms with Gasteiger partial charge < -0.3 is 9.88 Å². The summed E-state index contributed by atoms with van der Waals surface area (Å²) in [6.07, 6.45) is 1.78. The Morgan fingerprint density at radius 1 is 1.31 bits per heavy atom. The Bertz CT molecular complexity index is 462. The van der Waals surface area contributed by atoms with Gasteiger partial charge in [0.15, 0.2) is 0 Å². The Kier molecular flexibility index (Phi) is 3.31. The van der Waals surface area contributed by atoms with Crippen LogP contribution in [0.5, 0.6) is 0 Å². The second-order valence-corrected chi connectivity index (χ2v) is 3.83. The fraction of sp³-hybridized carbons (Fsp3) is 0.333.